The Hall–Kier alpha value is -2.69. The number of ether oxygens (including phenoxy) is 2. The van der Waals surface area contributed by atoms with Gasteiger partial charge >= 0.3 is 5.97 Å². The molecule has 5 heteroatoms. The second kappa shape index (κ2) is 8.97. The zero-order chi connectivity index (χ0) is 18.2. The number of hydrogen-bond acceptors (Lipinski definition) is 5. The van der Waals surface area contributed by atoms with Gasteiger partial charge in [-0.2, -0.15) is 0 Å². The van der Waals surface area contributed by atoms with Crippen LogP contribution in [-0.4, -0.2) is 23.3 Å². The van der Waals surface area contributed by atoms with Gasteiger partial charge in [0.05, 0.1) is 7.11 Å². The van der Waals surface area contributed by atoms with Gasteiger partial charge in [-0.15, -0.1) is 0 Å². The van der Waals surface area contributed by atoms with Gasteiger partial charge in [0.15, 0.2) is 11.5 Å². The Labute approximate surface area is 147 Å². The number of hydrogen-bond donors (Lipinski definition) is 2. The molecule has 0 amide bonds. The van der Waals surface area contributed by atoms with Crippen molar-refractivity contribution < 1.29 is 24.5 Å². The van der Waals surface area contributed by atoms with Crippen molar-refractivity contribution in [2.24, 2.45) is 0 Å². The highest BCUT2D eigenvalue weighted by Gasteiger charge is 2.24. The predicted molar refractivity (Wildman–Crippen MR) is 95.1 cm³/mol. The molecule has 2 rings (SSSR count). The van der Waals surface area contributed by atoms with Crippen LogP contribution in [0.4, 0.5) is 0 Å². The highest BCUT2D eigenvalue weighted by atomic mass is 16.5. The third-order valence-corrected chi connectivity index (χ3v) is 4.01. The van der Waals surface area contributed by atoms with Crippen LogP contribution in [0.25, 0.3) is 0 Å². The standard InChI is InChI=1S/C20H24O5/c1-3-4-6-11-15-18(16(21)12-17(24-2)19(15)22)20(23)25-13-14-9-7-5-8-10-14/h5,7-10,12,21-22H,3-4,6,11,13H2,1-2H3. The number of phenolic OH excluding ortho intramolecular Hbond substituents is 2. The van der Waals surface area contributed by atoms with E-state index in [1.807, 2.05) is 30.3 Å². The lowest BCUT2D eigenvalue weighted by Gasteiger charge is -2.15. The minimum atomic E-state index is -0.661. The van der Waals surface area contributed by atoms with E-state index in [1.165, 1.54) is 13.2 Å². The Morgan fingerprint density at radius 3 is 2.48 bits per heavy atom. The second-order valence-electron chi connectivity index (χ2n) is 5.82. The molecule has 0 aliphatic carbocycles. The maximum atomic E-state index is 12.5. The largest absolute Gasteiger partial charge is 0.507 e. The van der Waals surface area contributed by atoms with Crippen molar-refractivity contribution in [3.63, 3.8) is 0 Å². The fourth-order valence-corrected chi connectivity index (χ4v) is 2.66. The van der Waals surface area contributed by atoms with E-state index in [4.69, 9.17) is 9.47 Å². The second-order valence-corrected chi connectivity index (χ2v) is 5.82. The minimum absolute atomic E-state index is 0.00494. The molecule has 134 valence electrons. The molecular weight excluding hydrogens is 320 g/mol. The maximum absolute atomic E-state index is 12.5. The van der Waals surface area contributed by atoms with Gasteiger partial charge in [-0.05, 0) is 18.4 Å². The van der Waals surface area contributed by atoms with Crippen LogP contribution in [0.3, 0.4) is 0 Å². The summed E-state index contributed by atoms with van der Waals surface area (Å²) in [4.78, 5) is 12.5. The molecule has 0 heterocycles. The van der Waals surface area contributed by atoms with Crippen LogP contribution < -0.4 is 4.74 Å². The first kappa shape index (κ1) is 18.6. The summed E-state index contributed by atoms with van der Waals surface area (Å²) in [5.74, 6) is -0.892. The monoisotopic (exact) mass is 344 g/mol. The highest BCUT2D eigenvalue weighted by Crippen LogP contribution is 2.39. The molecule has 0 aliphatic heterocycles. The third-order valence-electron chi connectivity index (χ3n) is 4.01. The van der Waals surface area contributed by atoms with Crippen LogP contribution in [-0.2, 0) is 17.8 Å². The Morgan fingerprint density at radius 1 is 1.12 bits per heavy atom. The van der Waals surface area contributed by atoms with Crippen LogP contribution in [0.2, 0.25) is 0 Å². The third kappa shape index (κ3) is 4.66. The van der Waals surface area contributed by atoms with E-state index in [1.54, 1.807) is 0 Å². The molecule has 0 aromatic heterocycles. The zero-order valence-corrected chi connectivity index (χ0v) is 14.6. The Bertz CT molecular complexity index is 710. The van der Waals surface area contributed by atoms with Gasteiger partial charge in [-0.3, -0.25) is 0 Å². The molecule has 0 bridgehead atoms. The van der Waals surface area contributed by atoms with Gasteiger partial charge in [-0.25, -0.2) is 4.79 Å². The van der Waals surface area contributed by atoms with Crippen LogP contribution >= 0.6 is 0 Å². The SMILES string of the molecule is CCCCCc1c(O)c(OC)cc(O)c1C(=O)OCc1ccccc1. The van der Waals surface area contributed by atoms with E-state index < -0.39 is 5.97 Å². The van der Waals surface area contributed by atoms with Crippen molar-refractivity contribution in [1.29, 1.82) is 0 Å². The summed E-state index contributed by atoms with van der Waals surface area (Å²) in [6.45, 7) is 2.16. The first-order chi connectivity index (χ1) is 12.1. The number of methoxy groups -OCH3 is 1. The van der Waals surface area contributed by atoms with Crippen LogP contribution in [0.1, 0.15) is 47.7 Å². The molecule has 2 aromatic carbocycles. The van der Waals surface area contributed by atoms with Crippen LogP contribution in [0.15, 0.2) is 36.4 Å². The molecule has 0 saturated carbocycles. The summed E-state index contributed by atoms with van der Waals surface area (Å²) in [6.07, 6.45) is 3.20. The summed E-state index contributed by atoms with van der Waals surface area (Å²) in [6, 6.07) is 10.5. The Morgan fingerprint density at radius 2 is 1.84 bits per heavy atom. The lowest BCUT2D eigenvalue weighted by Crippen LogP contribution is -2.10. The topological polar surface area (TPSA) is 76.0 Å². The van der Waals surface area contributed by atoms with E-state index in [0.717, 1.165) is 24.8 Å². The zero-order valence-electron chi connectivity index (χ0n) is 14.6. The number of rotatable bonds is 8. The fraction of sp³-hybridized carbons (Fsp3) is 0.350. The van der Waals surface area contributed by atoms with Gasteiger partial charge in [0.1, 0.15) is 17.9 Å². The van der Waals surface area contributed by atoms with Gasteiger partial charge in [0.25, 0.3) is 0 Å². The molecular formula is C20H24O5. The first-order valence-electron chi connectivity index (χ1n) is 8.41. The number of esters is 1. The number of aromatic hydroxyl groups is 2. The quantitative estimate of drug-likeness (QED) is 0.426. The summed E-state index contributed by atoms with van der Waals surface area (Å²) < 4.78 is 10.4. The van der Waals surface area contributed by atoms with Gasteiger partial charge < -0.3 is 19.7 Å². The first-order valence-corrected chi connectivity index (χ1v) is 8.41. The van der Waals surface area contributed by atoms with E-state index >= 15 is 0 Å². The average molecular weight is 344 g/mol. The summed E-state index contributed by atoms with van der Waals surface area (Å²) in [5.41, 5.74) is 1.22. The summed E-state index contributed by atoms with van der Waals surface area (Å²) >= 11 is 0. The molecule has 0 atom stereocenters. The van der Waals surface area contributed by atoms with Crippen molar-refractivity contribution in [2.45, 2.75) is 39.2 Å². The summed E-state index contributed by atoms with van der Waals surface area (Å²) in [7, 11) is 1.40. The molecule has 5 nitrogen and oxygen atoms in total. The lowest BCUT2D eigenvalue weighted by atomic mass is 9.98. The van der Waals surface area contributed by atoms with E-state index in [2.05, 4.69) is 6.92 Å². The molecule has 0 radical (unpaired) electrons. The van der Waals surface area contributed by atoms with E-state index in [9.17, 15) is 15.0 Å². The maximum Gasteiger partial charge on any atom is 0.342 e. The number of unbranched alkanes of at least 4 members (excludes halogenated alkanes) is 2. The average Bonchev–Trinajstić information content (AvgIpc) is 2.63. The minimum Gasteiger partial charge on any atom is -0.507 e. The van der Waals surface area contributed by atoms with Gasteiger partial charge in [0.2, 0.25) is 0 Å². The van der Waals surface area contributed by atoms with Gasteiger partial charge in [0, 0.05) is 11.6 Å². The van der Waals surface area contributed by atoms with E-state index in [0.29, 0.717) is 12.0 Å². The van der Waals surface area contributed by atoms with Crippen molar-refractivity contribution >= 4 is 5.97 Å². The molecule has 2 aromatic rings. The number of benzene rings is 2. The van der Waals surface area contributed by atoms with Crippen LogP contribution in [0, 0.1) is 0 Å². The van der Waals surface area contributed by atoms with E-state index in [-0.39, 0.29) is 29.4 Å². The predicted octanol–water partition coefficient (Wildman–Crippen LogP) is 4.20. The molecule has 2 N–H and O–H groups in total. The van der Waals surface area contributed by atoms with Gasteiger partial charge in [-0.1, -0.05) is 50.1 Å². The number of carbonyl (C=O) groups excluding carboxylic acids is 1. The van der Waals surface area contributed by atoms with Crippen molar-refractivity contribution in [3.8, 4) is 17.2 Å². The summed E-state index contributed by atoms with van der Waals surface area (Å²) in [5, 5.41) is 20.6. The molecule has 0 spiro atoms. The molecule has 0 aliphatic rings. The Balaban J connectivity index is 2.27. The Kier molecular flexibility index (Phi) is 6.69. The van der Waals surface area contributed by atoms with Crippen molar-refractivity contribution in [2.75, 3.05) is 7.11 Å². The lowest BCUT2D eigenvalue weighted by molar-refractivity contribution is 0.0467. The molecule has 25 heavy (non-hydrogen) atoms. The number of phenols is 2. The normalized spacial score (nSPS) is 10.5. The smallest absolute Gasteiger partial charge is 0.342 e. The number of carbonyl (C=O) groups is 1. The van der Waals surface area contributed by atoms with Crippen molar-refractivity contribution in [1.82, 2.24) is 0 Å². The molecule has 0 unspecified atom stereocenters. The van der Waals surface area contributed by atoms with Crippen molar-refractivity contribution in [3.05, 3.63) is 53.1 Å². The molecule has 0 fully saturated rings. The molecule has 0 saturated heterocycles. The fourth-order valence-electron chi connectivity index (χ4n) is 2.66. The highest BCUT2D eigenvalue weighted by molar-refractivity contribution is 5.95. The van der Waals surface area contributed by atoms with Crippen LogP contribution in [0.5, 0.6) is 17.2 Å².